The van der Waals surface area contributed by atoms with E-state index in [1.807, 2.05) is 4.90 Å². The van der Waals surface area contributed by atoms with Gasteiger partial charge in [-0.1, -0.05) is 0 Å². The lowest BCUT2D eigenvalue weighted by molar-refractivity contribution is -0.141. The first-order valence-corrected chi connectivity index (χ1v) is 7.50. The van der Waals surface area contributed by atoms with E-state index in [0.29, 0.717) is 19.4 Å². The Balaban J connectivity index is 1.85. The number of morpholine rings is 1. The Morgan fingerprint density at radius 3 is 2.90 bits per heavy atom. The number of hydrogen-bond donors (Lipinski definition) is 2. The molecule has 2 rings (SSSR count). The van der Waals surface area contributed by atoms with E-state index in [1.165, 1.54) is 0 Å². The molecule has 0 aromatic heterocycles. The molecule has 0 radical (unpaired) electrons. The minimum Gasteiger partial charge on any atom is -0.481 e. The quantitative estimate of drug-likeness (QED) is 0.773. The van der Waals surface area contributed by atoms with Crippen molar-refractivity contribution in [2.45, 2.75) is 50.7 Å². The van der Waals surface area contributed by atoms with E-state index in [0.717, 1.165) is 38.9 Å². The van der Waals surface area contributed by atoms with Crippen molar-refractivity contribution in [2.75, 3.05) is 26.2 Å². The van der Waals surface area contributed by atoms with Gasteiger partial charge in [-0.15, -0.1) is 0 Å². The molecule has 0 aromatic carbocycles. The standard InChI is InChI=1S/C14H24N2O4/c17-13(9-12-10-15-6-8-20-12)16-7-2-1-3-11(16)4-5-14(18)19/h11-12,15H,1-10H2,(H,18,19). The van der Waals surface area contributed by atoms with Crippen molar-refractivity contribution >= 4 is 11.9 Å². The van der Waals surface area contributed by atoms with Gasteiger partial charge >= 0.3 is 5.97 Å². The van der Waals surface area contributed by atoms with Gasteiger partial charge in [-0.3, -0.25) is 9.59 Å². The molecule has 6 nitrogen and oxygen atoms in total. The molecule has 2 atom stereocenters. The molecule has 2 unspecified atom stereocenters. The number of ether oxygens (including phenoxy) is 1. The van der Waals surface area contributed by atoms with E-state index < -0.39 is 5.97 Å². The molecule has 0 aliphatic carbocycles. The van der Waals surface area contributed by atoms with E-state index in [1.54, 1.807) is 0 Å². The van der Waals surface area contributed by atoms with Gasteiger partial charge in [0.2, 0.25) is 5.91 Å². The van der Waals surface area contributed by atoms with E-state index in [2.05, 4.69) is 5.32 Å². The molecule has 2 aliphatic rings. The number of carboxylic acid groups (broad SMARTS) is 1. The summed E-state index contributed by atoms with van der Waals surface area (Å²) in [7, 11) is 0. The first-order chi connectivity index (χ1) is 9.66. The van der Waals surface area contributed by atoms with E-state index in [4.69, 9.17) is 9.84 Å². The predicted octanol–water partition coefficient (Wildman–Crippen LogP) is 0.611. The molecule has 0 bridgehead atoms. The van der Waals surface area contributed by atoms with E-state index in [-0.39, 0.29) is 24.5 Å². The summed E-state index contributed by atoms with van der Waals surface area (Å²) < 4.78 is 5.57. The monoisotopic (exact) mass is 284 g/mol. The van der Waals surface area contributed by atoms with Crippen molar-refractivity contribution in [3.05, 3.63) is 0 Å². The molecule has 114 valence electrons. The van der Waals surface area contributed by atoms with Crippen LogP contribution in [-0.4, -0.2) is 60.3 Å². The first-order valence-electron chi connectivity index (χ1n) is 7.50. The van der Waals surface area contributed by atoms with Gasteiger partial charge in [0.15, 0.2) is 0 Å². The number of hydrogen-bond acceptors (Lipinski definition) is 4. The van der Waals surface area contributed by atoms with Crippen LogP contribution in [0.25, 0.3) is 0 Å². The Bertz CT molecular complexity index is 342. The maximum Gasteiger partial charge on any atom is 0.303 e. The second-order valence-electron chi connectivity index (χ2n) is 5.57. The molecular weight excluding hydrogens is 260 g/mol. The number of nitrogens with zero attached hydrogens (tertiary/aromatic N) is 1. The number of amides is 1. The van der Waals surface area contributed by atoms with Crippen LogP contribution in [0.15, 0.2) is 0 Å². The maximum absolute atomic E-state index is 12.4. The lowest BCUT2D eigenvalue weighted by Gasteiger charge is -2.37. The molecule has 20 heavy (non-hydrogen) atoms. The van der Waals surface area contributed by atoms with Gasteiger partial charge in [0, 0.05) is 32.1 Å². The summed E-state index contributed by atoms with van der Waals surface area (Å²) in [4.78, 5) is 25.0. The zero-order valence-corrected chi connectivity index (χ0v) is 11.8. The molecular formula is C14H24N2O4. The summed E-state index contributed by atoms with van der Waals surface area (Å²) in [5.74, 6) is -0.684. The number of carboxylic acids is 1. The largest absolute Gasteiger partial charge is 0.481 e. The Morgan fingerprint density at radius 1 is 1.35 bits per heavy atom. The number of rotatable bonds is 5. The maximum atomic E-state index is 12.4. The van der Waals surface area contributed by atoms with Gasteiger partial charge in [0.25, 0.3) is 0 Å². The van der Waals surface area contributed by atoms with Crippen LogP contribution < -0.4 is 5.32 Å². The Morgan fingerprint density at radius 2 is 2.20 bits per heavy atom. The van der Waals surface area contributed by atoms with Gasteiger partial charge in [-0.2, -0.15) is 0 Å². The zero-order valence-electron chi connectivity index (χ0n) is 11.8. The van der Waals surface area contributed by atoms with Crippen LogP contribution in [0.1, 0.15) is 38.5 Å². The summed E-state index contributed by atoms with van der Waals surface area (Å²) in [5, 5.41) is 12.0. The highest BCUT2D eigenvalue weighted by molar-refractivity contribution is 5.77. The molecule has 2 N–H and O–H groups in total. The van der Waals surface area contributed by atoms with Crippen molar-refractivity contribution in [3.8, 4) is 0 Å². The summed E-state index contributed by atoms with van der Waals surface area (Å²) in [6, 6.07) is 0.0869. The average molecular weight is 284 g/mol. The lowest BCUT2D eigenvalue weighted by atomic mass is 9.97. The molecule has 0 aromatic rings. The molecule has 2 heterocycles. The molecule has 6 heteroatoms. The van der Waals surface area contributed by atoms with Crippen molar-refractivity contribution in [3.63, 3.8) is 0 Å². The SMILES string of the molecule is O=C(O)CCC1CCCCN1C(=O)CC1CNCCO1. The van der Waals surface area contributed by atoms with Crippen LogP contribution in [-0.2, 0) is 14.3 Å². The van der Waals surface area contributed by atoms with Crippen molar-refractivity contribution < 1.29 is 19.4 Å². The first kappa shape index (κ1) is 15.3. The van der Waals surface area contributed by atoms with Crippen LogP contribution in [0.5, 0.6) is 0 Å². The summed E-state index contributed by atoms with van der Waals surface area (Å²) in [5.41, 5.74) is 0. The Kier molecular flexibility index (Phi) is 5.79. The fraction of sp³-hybridized carbons (Fsp3) is 0.857. The fourth-order valence-electron chi connectivity index (χ4n) is 2.98. The van der Waals surface area contributed by atoms with Crippen LogP contribution in [0.2, 0.25) is 0 Å². The molecule has 2 saturated heterocycles. The molecule has 1 amide bonds. The topological polar surface area (TPSA) is 78.9 Å². The number of aliphatic carboxylic acids is 1. The zero-order chi connectivity index (χ0) is 14.4. The molecule has 2 aliphatic heterocycles. The Labute approximate surface area is 119 Å². The number of piperidine rings is 1. The van der Waals surface area contributed by atoms with Gasteiger partial charge in [-0.25, -0.2) is 0 Å². The average Bonchev–Trinajstić information content (AvgIpc) is 2.46. The normalized spacial score (nSPS) is 27.3. The number of nitrogens with one attached hydrogen (secondary N) is 1. The van der Waals surface area contributed by atoms with Crippen molar-refractivity contribution in [2.24, 2.45) is 0 Å². The highest BCUT2D eigenvalue weighted by atomic mass is 16.5. The number of carbonyl (C=O) groups is 2. The second-order valence-corrected chi connectivity index (χ2v) is 5.57. The minimum absolute atomic E-state index is 0.0432. The summed E-state index contributed by atoms with van der Waals surface area (Å²) in [6.07, 6.45) is 4.06. The van der Waals surface area contributed by atoms with Crippen LogP contribution in [0, 0.1) is 0 Å². The van der Waals surface area contributed by atoms with Crippen LogP contribution in [0.3, 0.4) is 0 Å². The highest BCUT2D eigenvalue weighted by Gasteiger charge is 2.29. The third-order valence-electron chi connectivity index (χ3n) is 4.05. The van der Waals surface area contributed by atoms with Crippen molar-refractivity contribution in [1.82, 2.24) is 10.2 Å². The summed E-state index contributed by atoms with van der Waals surface area (Å²) >= 11 is 0. The lowest BCUT2D eigenvalue weighted by Crippen LogP contribution is -2.47. The number of likely N-dealkylation sites (tertiary alicyclic amines) is 1. The van der Waals surface area contributed by atoms with Crippen LogP contribution in [0.4, 0.5) is 0 Å². The van der Waals surface area contributed by atoms with Gasteiger partial charge in [0.05, 0.1) is 19.1 Å². The minimum atomic E-state index is -0.789. The fourth-order valence-corrected chi connectivity index (χ4v) is 2.98. The van der Waals surface area contributed by atoms with Gasteiger partial charge in [-0.05, 0) is 25.7 Å². The second kappa shape index (κ2) is 7.59. The van der Waals surface area contributed by atoms with Gasteiger partial charge < -0.3 is 20.1 Å². The Hall–Kier alpha value is -1.14. The number of carbonyl (C=O) groups excluding carboxylic acids is 1. The smallest absolute Gasteiger partial charge is 0.303 e. The molecule has 2 fully saturated rings. The van der Waals surface area contributed by atoms with Crippen molar-refractivity contribution in [1.29, 1.82) is 0 Å². The van der Waals surface area contributed by atoms with Crippen LogP contribution >= 0.6 is 0 Å². The van der Waals surface area contributed by atoms with E-state index in [9.17, 15) is 9.59 Å². The summed E-state index contributed by atoms with van der Waals surface area (Å²) in [6.45, 7) is 2.97. The third kappa shape index (κ3) is 4.45. The predicted molar refractivity (Wildman–Crippen MR) is 73.4 cm³/mol. The molecule has 0 saturated carbocycles. The molecule has 0 spiro atoms. The highest BCUT2D eigenvalue weighted by Crippen LogP contribution is 2.22. The van der Waals surface area contributed by atoms with Gasteiger partial charge in [0.1, 0.15) is 0 Å². The third-order valence-corrected chi connectivity index (χ3v) is 4.05. The van der Waals surface area contributed by atoms with E-state index >= 15 is 0 Å².